The standard InChI is InChI=1S/C13H18BrN/c14-12-6-4-5-11(9-12)13(10-15)7-2-1-3-8-13/h4-6,9H,1-3,7-8,10,15H2. The van der Waals surface area contributed by atoms with Gasteiger partial charge in [0.15, 0.2) is 0 Å². The first kappa shape index (κ1) is 11.2. The van der Waals surface area contributed by atoms with Gasteiger partial charge in [-0.1, -0.05) is 47.3 Å². The molecule has 0 bridgehead atoms. The molecular formula is C13H18BrN. The third-order valence-corrected chi connectivity index (χ3v) is 4.13. The molecule has 0 radical (unpaired) electrons. The first-order chi connectivity index (χ1) is 7.27. The number of halogens is 1. The molecule has 0 atom stereocenters. The Labute approximate surface area is 100 Å². The third kappa shape index (κ3) is 2.26. The van der Waals surface area contributed by atoms with E-state index in [1.54, 1.807) is 0 Å². The number of hydrogen-bond donors (Lipinski definition) is 1. The SMILES string of the molecule is NCC1(c2cccc(Br)c2)CCCCC1. The van der Waals surface area contributed by atoms with E-state index in [2.05, 4.69) is 40.2 Å². The first-order valence-corrected chi connectivity index (χ1v) is 6.52. The zero-order chi connectivity index (χ0) is 10.7. The van der Waals surface area contributed by atoms with Gasteiger partial charge in [-0.25, -0.2) is 0 Å². The largest absolute Gasteiger partial charge is 0.330 e. The van der Waals surface area contributed by atoms with Crippen molar-refractivity contribution in [2.75, 3.05) is 6.54 Å². The molecule has 1 aromatic carbocycles. The van der Waals surface area contributed by atoms with E-state index in [-0.39, 0.29) is 5.41 Å². The fourth-order valence-corrected chi connectivity index (χ4v) is 3.06. The first-order valence-electron chi connectivity index (χ1n) is 5.73. The molecule has 2 heteroatoms. The Hall–Kier alpha value is -0.340. The van der Waals surface area contributed by atoms with Gasteiger partial charge in [-0.3, -0.25) is 0 Å². The fourth-order valence-electron chi connectivity index (χ4n) is 2.66. The molecule has 2 N–H and O–H groups in total. The highest BCUT2D eigenvalue weighted by molar-refractivity contribution is 9.10. The molecule has 15 heavy (non-hydrogen) atoms. The smallest absolute Gasteiger partial charge is 0.0178 e. The predicted octanol–water partition coefficient (Wildman–Crippen LogP) is 3.61. The van der Waals surface area contributed by atoms with Crippen molar-refractivity contribution >= 4 is 15.9 Å². The maximum atomic E-state index is 6.01. The Bertz CT molecular complexity index is 329. The number of benzene rings is 1. The summed E-state index contributed by atoms with van der Waals surface area (Å²) in [6.07, 6.45) is 6.52. The Morgan fingerprint density at radius 2 is 1.93 bits per heavy atom. The van der Waals surface area contributed by atoms with Crippen LogP contribution in [0.2, 0.25) is 0 Å². The lowest BCUT2D eigenvalue weighted by molar-refractivity contribution is 0.300. The highest BCUT2D eigenvalue weighted by Crippen LogP contribution is 2.39. The van der Waals surface area contributed by atoms with Crippen LogP contribution >= 0.6 is 15.9 Å². The van der Waals surface area contributed by atoms with Crippen molar-refractivity contribution in [3.8, 4) is 0 Å². The van der Waals surface area contributed by atoms with Crippen LogP contribution in [0, 0.1) is 0 Å². The van der Waals surface area contributed by atoms with Gasteiger partial charge >= 0.3 is 0 Å². The number of nitrogens with two attached hydrogens (primary N) is 1. The van der Waals surface area contributed by atoms with E-state index in [0.29, 0.717) is 0 Å². The molecule has 0 heterocycles. The van der Waals surface area contributed by atoms with Gasteiger partial charge in [0.05, 0.1) is 0 Å². The fraction of sp³-hybridized carbons (Fsp3) is 0.538. The topological polar surface area (TPSA) is 26.0 Å². The minimum atomic E-state index is 0.252. The molecule has 1 saturated carbocycles. The number of hydrogen-bond acceptors (Lipinski definition) is 1. The molecule has 0 aromatic heterocycles. The van der Waals surface area contributed by atoms with Crippen molar-refractivity contribution in [2.45, 2.75) is 37.5 Å². The molecule has 1 aromatic rings. The van der Waals surface area contributed by atoms with Gasteiger partial charge in [0, 0.05) is 16.4 Å². The van der Waals surface area contributed by atoms with Crippen molar-refractivity contribution in [3.63, 3.8) is 0 Å². The van der Waals surface area contributed by atoms with Crippen LogP contribution in [0.1, 0.15) is 37.7 Å². The van der Waals surface area contributed by atoms with Crippen LogP contribution in [0.5, 0.6) is 0 Å². The van der Waals surface area contributed by atoms with E-state index in [1.807, 2.05) is 0 Å². The summed E-state index contributed by atoms with van der Waals surface area (Å²) in [5.74, 6) is 0. The molecule has 1 nitrogen and oxygen atoms in total. The second kappa shape index (κ2) is 4.67. The lowest BCUT2D eigenvalue weighted by Crippen LogP contribution is -2.37. The Morgan fingerprint density at radius 1 is 1.20 bits per heavy atom. The Kier molecular flexibility index (Phi) is 3.47. The summed E-state index contributed by atoms with van der Waals surface area (Å²) in [6.45, 7) is 0.781. The van der Waals surface area contributed by atoms with Crippen LogP contribution in [-0.4, -0.2) is 6.54 Å². The summed E-state index contributed by atoms with van der Waals surface area (Å²) < 4.78 is 1.17. The van der Waals surface area contributed by atoms with Gasteiger partial charge in [-0.2, -0.15) is 0 Å². The molecule has 2 rings (SSSR count). The molecule has 0 amide bonds. The molecule has 1 aliphatic rings. The van der Waals surface area contributed by atoms with E-state index < -0.39 is 0 Å². The van der Waals surface area contributed by atoms with Gasteiger partial charge in [0.2, 0.25) is 0 Å². The summed E-state index contributed by atoms with van der Waals surface area (Å²) in [5.41, 5.74) is 7.67. The monoisotopic (exact) mass is 267 g/mol. The van der Waals surface area contributed by atoms with Gasteiger partial charge < -0.3 is 5.73 Å². The maximum Gasteiger partial charge on any atom is 0.0178 e. The minimum absolute atomic E-state index is 0.252. The quantitative estimate of drug-likeness (QED) is 0.871. The van der Waals surface area contributed by atoms with E-state index >= 15 is 0 Å². The molecule has 1 fully saturated rings. The zero-order valence-corrected chi connectivity index (χ0v) is 10.6. The van der Waals surface area contributed by atoms with Gasteiger partial charge in [-0.05, 0) is 30.5 Å². The van der Waals surface area contributed by atoms with Crippen LogP contribution in [-0.2, 0) is 5.41 Å². The second-order valence-electron chi connectivity index (χ2n) is 4.56. The van der Waals surface area contributed by atoms with Crippen molar-refractivity contribution in [3.05, 3.63) is 34.3 Å². The van der Waals surface area contributed by atoms with Gasteiger partial charge in [-0.15, -0.1) is 0 Å². The predicted molar refractivity (Wildman–Crippen MR) is 68.0 cm³/mol. The molecule has 1 aliphatic carbocycles. The lowest BCUT2D eigenvalue weighted by atomic mass is 9.69. The average molecular weight is 268 g/mol. The van der Waals surface area contributed by atoms with Gasteiger partial charge in [0.1, 0.15) is 0 Å². The van der Waals surface area contributed by atoms with Crippen molar-refractivity contribution in [1.82, 2.24) is 0 Å². The van der Waals surface area contributed by atoms with Crippen molar-refractivity contribution in [2.24, 2.45) is 5.73 Å². The molecule has 0 unspecified atom stereocenters. The average Bonchev–Trinajstić information content (AvgIpc) is 2.30. The summed E-state index contributed by atoms with van der Waals surface area (Å²) >= 11 is 3.54. The third-order valence-electron chi connectivity index (χ3n) is 3.64. The Balaban J connectivity index is 2.32. The minimum Gasteiger partial charge on any atom is -0.330 e. The molecule has 0 saturated heterocycles. The summed E-state index contributed by atoms with van der Waals surface area (Å²) in [4.78, 5) is 0. The molecular weight excluding hydrogens is 250 g/mol. The maximum absolute atomic E-state index is 6.01. The van der Waals surface area contributed by atoms with Crippen LogP contribution in [0.4, 0.5) is 0 Å². The summed E-state index contributed by atoms with van der Waals surface area (Å²) in [7, 11) is 0. The van der Waals surface area contributed by atoms with Crippen LogP contribution < -0.4 is 5.73 Å². The number of rotatable bonds is 2. The summed E-state index contributed by atoms with van der Waals surface area (Å²) in [6, 6.07) is 8.66. The molecule has 0 aliphatic heterocycles. The van der Waals surface area contributed by atoms with E-state index in [0.717, 1.165) is 6.54 Å². The zero-order valence-electron chi connectivity index (χ0n) is 9.01. The van der Waals surface area contributed by atoms with Crippen LogP contribution in [0.15, 0.2) is 28.7 Å². The normalized spacial score (nSPS) is 20.1. The van der Waals surface area contributed by atoms with Gasteiger partial charge in [0.25, 0.3) is 0 Å². The molecule has 82 valence electrons. The van der Waals surface area contributed by atoms with E-state index in [1.165, 1.54) is 42.1 Å². The second-order valence-corrected chi connectivity index (χ2v) is 5.47. The van der Waals surface area contributed by atoms with E-state index in [9.17, 15) is 0 Å². The lowest BCUT2D eigenvalue weighted by Gasteiger charge is -2.37. The van der Waals surface area contributed by atoms with E-state index in [4.69, 9.17) is 5.73 Å². The Morgan fingerprint density at radius 3 is 2.53 bits per heavy atom. The highest BCUT2D eigenvalue weighted by atomic mass is 79.9. The highest BCUT2D eigenvalue weighted by Gasteiger charge is 2.32. The summed E-state index contributed by atoms with van der Waals surface area (Å²) in [5, 5.41) is 0. The van der Waals surface area contributed by atoms with Crippen molar-refractivity contribution < 1.29 is 0 Å². The molecule has 0 spiro atoms. The van der Waals surface area contributed by atoms with Crippen LogP contribution in [0.3, 0.4) is 0 Å². The van der Waals surface area contributed by atoms with Crippen LogP contribution in [0.25, 0.3) is 0 Å². The van der Waals surface area contributed by atoms with Crippen molar-refractivity contribution in [1.29, 1.82) is 0 Å².